The van der Waals surface area contributed by atoms with Crippen LogP contribution in [-0.4, -0.2) is 57.7 Å². The van der Waals surface area contributed by atoms with E-state index in [1.807, 2.05) is 20.8 Å². The molecule has 0 radical (unpaired) electrons. The first-order valence-electron chi connectivity index (χ1n) is 7.90. The van der Waals surface area contributed by atoms with Crippen LogP contribution in [0.1, 0.15) is 40.5 Å². The van der Waals surface area contributed by atoms with Crippen LogP contribution >= 0.6 is 0 Å². The molecule has 0 aromatic heterocycles. The Kier molecular flexibility index (Phi) is 7.56. The van der Waals surface area contributed by atoms with E-state index >= 15 is 0 Å². The first-order chi connectivity index (χ1) is 9.80. The van der Waals surface area contributed by atoms with E-state index in [0.717, 1.165) is 25.9 Å². The zero-order chi connectivity index (χ0) is 15.9. The van der Waals surface area contributed by atoms with Crippen molar-refractivity contribution in [3.05, 3.63) is 0 Å². The number of nitrogens with one attached hydrogen (secondary N) is 2. The summed E-state index contributed by atoms with van der Waals surface area (Å²) < 4.78 is 34.3. The van der Waals surface area contributed by atoms with Gasteiger partial charge >= 0.3 is 0 Å². The molecule has 0 aromatic rings. The quantitative estimate of drug-likeness (QED) is 0.663. The lowest BCUT2D eigenvalue weighted by molar-refractivity contribution is -0.00543. The van der Waals surface area contributed by atoms with E-state index in [1.165, 1.54) is 0 Å². The lowest BCUT2D eigenvalue weighted by atomic mass is 9.98. The third-order valence-electron chi connectivity index (χ3n) is 3.81. The van der Waals surface area contributed by atoms with Crippen LogP contribution in [0.3, 0.4) is 0 Å². The van der Waals surface area contributed by atoms with Gasteiger partial charge in [0.1, 0.15) is 0 Å². The molecule has 0 amide bonds. The Morgan fingerprint density at radius 1 is 1.24 bits per heavy atom. The zero-order valence-electron chi connectivity index (χ0n) is 13.8. The minimum Gasteiger partial charge on any atom is -0.374 e. The summed E-state index contributed by atoms with van der Waals surface area (Å²) in [6.07, 6.45) is 1.84. The van der Waals surface area contributed by atoms with Crippen LogP contribution in [-0.2, 0) is 14.9 Å². The predicted molar refractivity (Wildman–Crippen MR) is 85.5 cm³/mol. The van der Waals surface area contributed by atoms with Crippen LogP contribution in [0.25, 0.3) is 0 Å². The van der Waals surface area contributed by atoms with Gasteiger partial charge in [-0.1, -0.05) is 6.92 Å². The molecule has 0 atom stereocenters. The molecule has 126 valence electrons. The van der Waals surface area contributed by atoms with Gasteiger partial charge in [0, 0.05) is 26.2 Å². The summed E-state index contributed by atoms with van der Waals surface area (Å²) in [6, 6.07) is 0. The monoisotopic (exact) mass is 321 g/mol. The summed E-state index contributed by atoms with van der Waals surface area (Å²) in [5.41, 5.74) is -0.481. The summed E-state index contributed by atoms with van der Waals surface area (Å²) in [6.45, 7) is 11.8. The standard InChI is InChI=1S/C14H31N3O3S/c1-5-15-11-13-7-9-17(10-8-13)21(18,19)16-12-14(3,4)20-6-2/h13,15-16H,5-12H2,1-4H3. The summed E-state index contributed by atoms with van der Waals surface area (Å²) in [7, 11) is -3.40. The molecule has 1 saturated heterocycles. The molecule has 1 rings (SSSR count). The van der Waals surface area contributed by atoms with Crippen molar-refractivity contribution in [2.45, 2.75) is 46.1 Å². The van der Waals surface area contributed by atoms with Crippen molar-refractivity contribution in [1.82, 2.24) is 14.3 Å². The van der Waals surface area contributed by atoms with Gasteiger partial charge in [0.05, 0.1) is 5.60 Å². The Morgan fingerprint density at radius 3 is 2.38 bits per heavy atom. The molecule has 0 spiro atoms. The molecule has 1 aliphatic rings. The Hall–Kier alpha value is -0.210. The Labute approximate surface area is 129 Å². The molecule has 1 aliphatic heterocycles. The highest BCUT2D eigenvalue weighted by atomic mass is 32.2. The fourth-order valence-corrected chi connectivity index (χ4v) is 3.90. The van der Waals surface area contributed by atoms with Gasteiger partial charge in [-0.25, -0.2) is 0 Å². The van der Waals surface area contributed by atoms with Gasteiger partial charge in [-0.3, -0.25) is 0 Å². The van der Waals surface area contributed by atoms with Crippen LogP contribution in [0.15, 0.2) is 0 Å². The Bertz CT molecular complexity index is 390. The third-order valence-corrected chi connectivity index (χ3v) is 5.37. The zero-order valence-corrected chi connectivity index (χ0v) is 14.6. The number of ether oxygens (including phenoxy) is 1. The Morgan fingerprint density at radius 2 is 1.86 bits per heavy atom. The van der Waals surface area contributed by atoms with E-state index in [0.29, 0.717) is 32.2 Å². The van der Waals surface area contributed by atoms with Crippen LogP contribution in [0.5, 0.6) is 0 Å². The lowest BCUT2D eigenvalue weighted by Crippen LogP contribution is -2.49. The lowest BCUT2D eigenvalue weighted by Gasteiger charge is -2.32. The molecule has 21 heavy (non-hydrogen) atoms. The number of nitrogens with zero attached hydrogens (tertiary/aromatic N) is 1. The maximum atomic E-state index is 12.3. The first-order valence-corrected chi connectivity index (χ1v) is 9.34. The maximum absolute atomic E-state index is 12.3. The molecule has 0 unspecified atom stereocenters. The molecule has 0 bridgehead atoms. The van der Waals surface area contributed by atoms with Crippen LogP contribution < -0.4 is 10.0 Å². The third kappa shape index (κ3) is 6.61. The second kappa shape index (κ2) is 8.43. The Balaban J connectivity index is 2.42. The molecule has 1 heterocycles. The summed E-state index contributed by atoms with van der Waals surface area (Å²) in [5.74, 6) is 0.580. The van der Waals surface area contributed by atoms with Crippen LogP contribution in [0.4, 0.5) is 0 Å². The van der Waals surface area contributed by atoms with E-state index in [4.69, 9.17) is 4.74 Å². The first kappa shape index (κ1) is 18.8. The highest BCUT2D eigenvalue weighted by Gasteiger charge is 2.29. The van der Waals surface area contributed by atoms with E-state index in [9.17, 15) is 8.42 Å². The van der Waals surface area contributed by atoms with Crippen molar-refractivity contribution in [2.24, 2.45) is 5.92 Å². The average molecular weight is 321 g/mol. The molecule has 0 aromatic carbocycles. The summed E-state index contributed by atoms with van der Waals surface area (Å²) in [5, 5.41) is 3.33. The van der Waals surface area contributed by atoms with Gasteiger partial charge in [-0.2, -0.15) is 17.4 Å². The van der Waals surface area contributed by atoms with Gasteiger partial charge in [-0.15, -0.1) is 0 Å². The van der Waals surface area contributed by atoms with Crippen molar-refractivity contribution in [1.29, 1.82) is 0 Å². The fraction of sp³-hybridized carbons (Fsp3) is 1.00. The molecule has 0 saturated carbocycles. The van der Waals surface area contributed by atoms with Crippen LogP contribution in [0, 0.1) is 5.92 Å². The number of piperidine rings is 1. The fourth-order valence-electron chi connectivity index (χ4n) is 2.50. The predicted octanol–water partition coefficient (Wildman–Crippen LogP) is 0.957. The van der Waals surface area contributed by atoms with E-state index in [1.54, 1.807) is 4.31 Å². The largest absolute Gasteiger partial charge is 0.374 e. The number of hydrogen-bond donors (Lipinski definition) is 2. The molecule has 1 fully saturated rings. The van der Waals surface area contributed by atoms with Crippen molar-refractivity contribution < 1.29 is 13.2 Å². The average Bonchev–Trinajstić information content (AvgIpc) is 2.44. The van der Waals surface area contributed by atoms with Gasteiger partial charge in [0.2, 0.25) is 0 Å². The smallest absolute Gasteiger partial charge is 0.279 e. The summed E-state index contributed by atoms with van der Waals surface area (Å²) in [4.78, 5) is 0. The van der Waals surface area contributed by atoms with E-state index in [2.05, 4.69) is 17.0 Å². The second-order valence-corrected chi connectivity index (χ2v) is 7.92. The summed E-state index contributed by atoms with van der Waals surface area (Å²) >= 11 is 0. The van der Waals surface area contributed by atoms with Gasteiger partial charge < -0.3 is 10.1 Å². The molecular formula is C14H31N3O3S. The molecule has 7 heteroatoms. The highest BCUT2D eigenvalue weighted by Crippen LogP contribution is 2.18. The van der Waals surface area contributed by atoms with Crippen LogP contribution in [0.2, 0.25) is 0 Å². The van der Waals surface area contributed by atoms with Crippen molar-refractivity contribution >= 4 is 10.2 Å². The maximum Gasteiger partial charge on any atom is 0.279 e. The van der Waals surface area contributed by atoms with Crippen molar-refractivity contribution in [3.8, 4) is 0 Å². The normalized spacial score (nSPS) is 19.0. The molecule has 2 N–H and O–H groups in total. The number of rotatable bonds is 9. The van der Waals surface area contributed by atoms with Gasteiger partial charge in [0.15, 0.2) is 0 Å². The molecule has 6 nitrogen and oxygen atoms in total. The number of hydrogen-bond acceptors (Lipinski definition) is 4. The second-order valence-electron chi connectivity index (χ2n) is 6.17. The van der Waals surface area contributed by atoms with Gasteiger partial charge in [-0.05, 0) is 52.6 Å². The van der Waals surface area contributed by atoms with Crippen molar-refractivity contribution in [3.63, 3.8) is 0 Å². The topological polar surface area (TPSA) is 70.7 Å². The van der Waals surface area contributed by atoms with E-state index < -0.39 is 15.8 Å². The van der Waals surface area contributed by atoms with Crippen molar-refractivity contribution in [2.75, 3.05) is 39.3 Å². The minimum atomic E-state index is -3.40. The molecular weight excluding hydrogens is 290 g/mol. The van der Waals surface area contributed by atoms with Gasteiger partial charge in [0.25, 0.3) is 10.2 Å². The minimum absolute atomic E-state index is 0.292. The van der Waals surface area contributed by atoms with E-state index in [-0.39, 0.29) is 0 Å². The highest BCUT2D eigenvalue weighted by molar-refractivity contribution is 7.87. The SMILES string of the molecule is CCNCC1CCN(S(=O)(=O)NCC(C)(C)OCC)CC1. The molecule has 0 aliphatic carbocycles.